The van der Waals surface area contributed by atoms with Crippen molar-refractivity contribution in [3.63, 3.8) is 0 Å². The first-order valence-corrected chi connectivity index (χ1v) is 19.4. The maximum Gasteiger partial charge on any atom is 0.124 e. The zero-order valence-corrected chi connectivity index (χ0v) is 30.4. The van der Waals surface area contributed by atoms with Crippen LogP contribution in [0.1, 0.15) is 25.0 Å². The van der Waals surface area contributed by atoms with Crippen molar-refractivity contribution in [2.75, 3.05) is 4.90 Å². The number of para-hydroxylation sites is 1. The SMILES string of the molecule is CC1(C)c2cc3ccc4ccc(N(c5ccccc5)c5ccc6sc7ccccc7c6c5)cc4c3cc2-c2cc3sc(-c4ccccc4)nc3cc21. The van der Waals surface area contributed by atoms with E-state index in [1.807, 2.05) is 11.3 Å². The summed E-state index contributed by atoms with van der Waals surface area (Å²) < 4.78 is 3.87. The van der Waals surface area contributed by atoms with Crippen LogP contribution in [-0.4, -0.2) is 4.98 Å². The molecule has 0 saturated carbocycles. The molecule has 1 aliphatic carbocycles. The summed E-state index contributed by atoms with van der Waals surface area (Å²) in [5.41, 5.74) is 11.0. The molecular formula is C48H32N2S2. The molecule has 0 fully saturated rings. The van der Waals surface area contributed by atoms with Gasteiger partial charge in [0.2, 0.25) is 0 Å². The second kappa shape index (κ2) is 11.1. The summed E-state index contributed by atoms with van der Waals surface area (Å²) in [6, 6.07) is 58.1. The van der Waals surface area contributed by atoms with Crippen LogP contribution in [0.4, 0.5) is 17.1 Å². The van der Waals surface area contributed by atoms with Crippen LogP contribution in [0.3, 0.4) is 0 Å². The number of anilines is 3. The number of hydrogen-bond acceptors (Lipinski definition) is 4. The molecule has 0 unspecified atom stereocenters. The minimum Gasteiger partial charge on any atom is -0.310 e. The fraction of sp³-hybridized carbons (Fsp3) is 0.0625. The van der Waals surface area contributed by atoms with Gasteiger partial charge in [0.25, 0.3) is 0 Å². The van der Waals surface area contributed by atoms with Crippen LogP contribution in [0.15, 0.2) is 158 Å². The number of nitrogens with zero attached hydrogens (tertiary/aromatic N) is 2. The maximum atomic E-state index is 5.10. The summed E-state index contributed by atoms with van der Waals surface area (Å²) in [5, 5.41) is 8.74. The van der Waals surface area contributed by atoms with Crippen molar-refractivity contribution in [3.05, 3.63) is 169 Å². The molecule has 2 aromatic heterocycles. The van der Waals surface area contributed by atoms with E-state index >= 15 is 0 Å². The fourth-order valence-corrected chi connectivity index (χ4v) is 10.5. The van der Waals surface area contributed by atoms with Crippen LogP contribution in [0, 0.1) is 0 Å². The minimum atomic E-state index is -0.130. The molecule has 0 spiro atoms. The molecule has 4 heteroatoms. The summed E-state index contributed by atoms with van der Waals surface area (Å²) in [6.45, 7) is 4.73. The van der Waals surface area contributed by atoms with E-state index in [0.29, 0.717) is 0 Å². The summed E-state index contributed by atoms with van der Waals surface area (Å²) in [4.78, 5) is 7.51. The maximum absolute atomic E-state index is 5.10. The number of fused-ring (bicyclic) bond motifs is 10. The number of aromatic nitrogens is 1. The van der Waals surface area contributed by atoms with E-state index in [9.17, 15) is 0 Å². The van der Waals surface area contributed by atoms with E-state index in [1.165, 1.54) is 74.2 Å². The number of thiophene rings is 1. The highest BCUT2D eigenvalue weighted by molar-refractivity contribution is 7.25. The van der Waals surface area contributed by atoms with Crippen molar-refractivity contribution in [3.8, 4) is 21.7 Å². The van der Waals surface area contributed by atoms with E-state index in [1.54, 1.807) is 11.3 Å². The fourth-order valence-electron chi connectivity index (χ4n) is 8.41. The summed E-state index contributed by atoms with van der Waals surface area (Å²) in [6.07, 6.45) is 0. The first-order valence-electron chi connectivity index (χ1n) is 17.8. The molecule has 52 heavy (non-hydrogen) atoms. The number of hydrogen-bond donors (Lipinski definition) is 0. The Labute approximate surface area is 309 Å². The highest BCUT2D eigenvalue weighted by Crippen LogP contribution is 2.52. The molecule has 11 rings (SSSR count). The lowest BCUT2D eigenvalue weighted by Gasteiger charge is -2.26. The van der Waals surface area contributed by atoms with Crippen molar-refractivity contribution in [2.45, 2.75) is 19.3 Å². The Morgan fingerprint density at radius 2 is 1.10 bits per heavy atom. The first-order chi connectivity index (χ1) is 25.5. The van der Waals surface area contributed by atoms with Crippen LogP contribution in [0.2, 0.25) is 0 Å². The third kappa shape index (κ3) is 4.44. The van der Waals surface area contributed by atoms with Gasteiger partial charge < -0.3 is 4.90 Å². The Hall–Kier alpha value is -5.81. The zero-order valence-electron chi connectivity index (χ0n) is 28.7. The Morgan fingerprint density at radius 3 is 1.94 bits per heavy atom. The minimum absolute atomic E-state index is 0.130. The van der Waals surface area contributed by atoms with Crippen LogP contribution >= 0.6 is 22.7 Å². The normalized spacial score (nSPS) is 13.3. The molecule has 0 saturated heterocycles. The smallest absolute Gasteiger partial charge is 0.124 e. The predicted molar refractivity (Wildman–Crippen MR) is 225 cm³/mol. The molecule has 246 valence electrons. The van der Waals surface area contributed by atoms with Crippen molar-refractivity contribution in [2.24, 2.45) is 0 Å². The number of thiazole rings is 1. The van der Waals surface area contributed by atoms with E-state index in [2.05, 4.69) is 176 Å². The van der Waals surface area contributed by atoms with Gasteiger partial charge in [-0.05, 0) is 117 Å². The van der Waals surface area contributed by atoms with Crippen molar-refractivity contribution in [1.29, 1.82) is 0 Å². The molecule has 8 aromatic carbocycles. The summed E-state index contributed by atoms with van der Waals surface area (Å²) in [5.74, 6) is 0. The van der Waals surface area contributed by atoms with Crippen LogP contribution in [-0.2, 0) is 5.41 Å². The molecule has 1 aliphatic rings. The largest absolute Gasteiger partial charge is 0.310 e. The summed E-state index contributed by atoms with van der Waals surface area (Å²) in [7, 11) is 0. The Bertz CT molecular complexity index is 3040. The summed E-state index contributed by atoms with van der Waals surface area (Å²) >= 11 is 3.64. The third-order valence-corrected chi connectivity index (χ3v) is 13.3. The molecule has 0 bridgehead atoms. The lowest BCUT2D eigenvalue weighted by atomic mass is 9.81. The quantitative estimate of drug-likeness (QED) is 0.170. The van der Waals surface area contributed by atoms with Gasteiger partial charge in [-0.25, -0.2) is 4.98 Å². The van der Waals surface area contributed by atoms with Crippen LogP contribution in [0.5, 0.6) is 0 Å². The van der Waals surface area contributed by atoms with Crippen molar-refractivity contribution in [1.82, 2.24) is 4.98 Å². The standard InChI is InChI=1S/C48H32N2S2/c1-48(2)41-23-31-18-17-29-19-20-33(50(32-13-7-4-8-14-32)34-21-22-45-40(25-34)35-15-9-10-16-44(35)51-45)24-36(29)37(31)26-38(41)39-27-46-43(28-42(39)48)49-47(52-46)30-11-5-3-6-12-30/h3-28H,1-2H3. The van der Waals surface area contributed by atoms with Crippen LogP contribution < -0.4 is 4.90 Å². The van der Waals surface area contributed by atoms with E-state index in [-0.39, 0.29) is 5.41 Å². The third-order valence-electron chi connectivity index (χ3n) is 11.0. The second-order valence-corrected chi connectivity index (χ2v) is 16.5. The zero-order chi connectivity index (χ0) is 34.6. The highest BCUT2D eigenvalue weighted by Gasteiger charge is 2.36. The van der Waals surface area contributed by atoms with Crippen LogP contribution in [0.25, 0.3) is 73.6 Å². The van der Waals surface area contributed by atoms with Gasteiger partial charge in [0.1, 0.15) is 5.01 Å². The van der Waals surface area contributed by atoms with E-state index in [0.717, 1.165) is 27.6 Å². The van der Waals surface area contributed by atoms with E-state index in [4.69, 9.17) is 4.98 Å². The Morgan fingerprint density at radius 1 is 0.462 bits per heavy atom. The Kier molecular flexibility index (Phi) is 6.37. The monoisotopic (exact) mass is 700 g/mol. The van der Waals surface area contributed by atoms with Gasteiger partial charge in [-0.3, -0.25) is 0 Å². The van der Waals surface area contributed by atoms with E-state index < -0.39 is 0 Å². The van der Waals surface area contributed by atoms with Gasteiger partial charge in [-0.1, -0.05) is 98.8 Å². The van der Waals surface area contributed by atoms with Gasteiger partial charge in [-0.2, -0.15) is 0 Å². The highest BCUT2D eigenvalue weighted by atomic mass is 32.1. The average Bonchev–Trinajstić information content (AvgIpc) is 3.84. The van der Waals surface area contributed by atoms with Gasteiger partial charge in [0, 0.05) is 48.2 Å². The molecule has 2 heterocycles. The molecular weight excluding hydrogens is 669 g/mol. The lowest BCUT2D eigenvalue weighted by Crippen LogP contribution is -2.14. The average molecular weight is 701 g/mol. The number of rotatable bonds is 4. The number of benzene rings is 8. The topological polar surface area (TPSA) is 16.1 Å². The van der Waals surface area contributed by atoms with Gasteiger partial charge in [0.15, 0.2) is 0 Å². The van der Waals surface area contributed by atoms with Gasteiger partial charge in [0.05, 0.1) is 10.2 Å². The molecule has 0 amide bonds. The molecule has 0 aliphatic heterocycles. The first kappa shape index (κ1) is 29.9. The van der Waals surface area contributed by atoms with Gasteiger partial charge in [-0.15, -0.1) is 22.7 Å². The predicted octanol–water partition coefficient (Wildman–Crippen LogP) is 14.4. The van der Waals surface area contributed by atoms with Crippen molar-refractivity contribution >= 4 is 91.7 Å². The van der Waals surface area contributed by atoms with Gasteiger partial charge >= 0.3 is 0 Å². The lowest BCUT2D eigenvalue weighted by molar-refractivity contribution is 0.662. The van der Waals surface area contributed by atoms with Crippen molar-refractivity contribution < 1.29 is 0 Å². The second-order valence-electron chi connectivity index (χ2n) is 14.4. The molecule has 0 radical (unpaired) electrons. The molecule has 0 atom stereocenters. The molecule has 2 nitrogen and oxygen atoms in total. The molecule has 10 aromatic rings. The molecule has 0 N–H and O–H groups in total. The Balaban J connectivity index is 1.10.